The summed E-state index contributed by atoms with van der Waals surface area (Å²) in [5.41, 5.74) is -4.68. The second-order valence-electron chi connectivity index (χ2n) is 21.0. The summed E-state index contributed by atoms with van der Waals surface area (Å²) < 4.78 is 52.4. The SMILES string of the molecule is COc1ccccc1C(Cn1c(=O)n(C(C)(Cc2ccc([C@H](Cn3c(=O)n(C(C)(C)C(=O)O)c(=O)c4c(C)c(-c5ncco5)sc43)OC3CCOCC3)c(OC)c2)C(=O)O)c(=O)c2cc(C)c(-c3ncco3)cc21)OC1CCOCC1. The molecule has 23 heteroatoms. The number of hydrogen-bond donors (Lipinski definition) is 2. The summed E-state index contributed by atoms with van der Waals surface area (Å²) in [7, 11) is 2.95. The Bertz CT molecular complexity index is 3900. The number of fused-ring (bicyclic) bond motifs is 2. The van der Waals surface area contributed by atoms with Crippen LogP contribution in [0.5, 0.6) is 11.5 Å². The van der Waals surface area contributed by atoms with Gasteiger partial charge >= 0.3 is 23.3 Å². The molecule has 5 aromatic heterocycles. The fourth-order valence-electron chi connectivity index (χ4n) is 10.9. The number of benzene rings is 3. The van der Waals surface area contributed by atoms with Crippen LogP contribution in [0.4, 0.5) is 0 Å². The first-order valence-electron chi connectivity index (χ1n) is 26.5. The summed E-state index contributed by atoms with van der Waals surface area (Å²) in [6, 6.07) is 15.4. The van der Waals surface area contributed by atoms with Gasteiger partial charge in [0.05, 0.1) is 73.1 Å². The molecule has 2 fully saturated rings. The van der Waals surface area contributed by atoms with Gasteiger partial charge in [0.2, 0.25) is 11.8 Å². The largest absolute Gasteiger partial charge is 0.496 e. The smallest absolute Gasteiger partial charge is 0.333 e. The second kappa shape index (κ2) is 22.9. The third kappa shape index (κ3) is 10.5. The topological polar surface area (TPSA) is 270 Å². The molecular weight excluding hydrogens is 1070 g/mol. The number of nitrogens with zero attached hydrogens (tertiary/aromatic N) is 6. The average molecular weight is 1130 g/mol. The average Bonchev–Trinajstić information content (AvgIpc) is 4.41. The number of aliphatic carboxylic acids is 2. The van der Waals surface area contributed by atoms with Crippen molar-refractivity contribution in [3.8, 4) is 33.7 Å². The molecule has 0 bridgehead atoms. The van der Waals surface area contributed by atoms with Crippen molar-refractivity contribution in [1.29, 1.82) is 0 Å². The molecular formula is C58H62N6O16S. The Labute approximate surface area is 466 Å². The summed E-state index contributed by atoms with van der Waals surface area (Å²) in [4.78, 5) is 96.2. The van der Waals surface area contributed by atoms with Gasteiger partial charge in [0.15, 0.2) is 5.54 Å². The molecule has 3 atom stereocenters. The number of methoxy groups -OCH3 is 2. The van der Waals surface area contributed by atoms with Crippen molar-refractivity contribution in [2.45, 2.75) is 115 Å². The lowest BCUT2D eigenvalue weighted by Crippen LogP contribution is -2.55. The molecule has 2 N–H and O–H groups in total. The van der Waals surface area contributed by atoms with Crippen LogP contribution in [0.2, 0.25) is 0 Å². The molecule has 2 aliphatic heterocycles. The van der Waals surface area contributed by atoms with Crippen LogP contribution in [0, 0.1) is 13.8 Å². The van der Waals surface area contributed by atoms with E-state index in [1.807, 2.05) is 18.2 Å². The van der Waals surface area contributed by atoms with Crippen molar-refractivity contribution in [2.24, 2.45) is 0 Å². The molecule has 426 valence electrons. The minimum absolute atomic E-state index is 0.0525. The quantitative estimate of drug-likeness (QED) is 0.0753. The van der Waals surface area contributed by atoms with E-state index in [4.69, 9.17) is 37.3 Å². The number of carboxylic acids is 2. The van der Waals surface area contributed by atoms with Crippen LogP contribution >= 0.6 is 11.3 Å². The predicted octanol–water partition coefficient (Wildman–Crippen LogP) is 7.38. The van der Waals surface area contributed by atoms with Gasteiger partial charge in [-0.25, -0.2) is 38.3 Å². The Morgan fingerprint density at radius 1 is 0.716 bits per heavy atom. The molecule has 7 heterocycles. The van der Waals surface area contributed by atoms with Crippen molar-refractivity contribution < 1.29 is 57.1 Å². The lowest BCUT2D eigenvalue weighted by atomic mass is 9.90. The lowest BCUT2D eigenvalue weighted by Gasteiger charge is -2.32. The van der Waals surface area contributed by atoms with E-state index in [1.54, 1.807) is 50.2 Å². The number of oxazole rings is 2. The molecule has 2 unspecified atom stereocenters. The van der Waals surface area contributed by atoms with Crippen LogP contribution in [0.15, 0.2) is 108 Å². The number of ether oxygens (including phenoxy) is 6. The number of carbonyl (C=O) groups is 2. The highest BCUT2D eigenvalue weighted by molar-refractivity contribution is 7.22. The predicted molar refractivity (Wildman–Crippen MR) is 297 cm³/mol. The van der Waals surface area contributed by atoms with E-state index >= 15 is 9.59 Å². The van der Waals surface area contributed by atoms with Gasteiger partial charge in [-0.2, -0.15) is 0 Å². The fourth-order valence-corrected chi connectivity index (χ4v) is 12.2. The van der Waals surface area contributed by atoms with E-state index in [0.29, 0.717) is 96.1 Å². The van der Waals surface area contributed by atoms with Gasteiger partial charge in [-0.05, 0) is 101 Å². The molecule has 0 radical (unpaired) electrons. The third-order valence-electron chi connectivity index (χ3n) is 15.5. The van der Waals surface area contributed by atoms with Gasteiger partial charge in [0, 0.05) is 49.5 Å². The van der Waals surface area contributed by atoms with Gasteiger partial charge in [-0.15, -0.1) is 11.3 Å². The van der Waals surface area contributed by atoms with E-state index in [2.05, 4.69) is 9.97 Å². The van der Waals surface area contributed by atoms with Gasteiger partial charge < -0.3 is 47.5 Å². The summed E-state index contributed by atoms with van der Waals surface area (Å²) in [6.07, 6.45) is 4.94. The number of thiophene rings is 1. The number of hydrogen-bond acceptors (Lipinski definition) is 17. The Kier molecular flexibility index (Phi) is 15.9. The third-order valence-corrected chi connectivity index (χ3v) is 16.8. The van der Waals surface area contributed by atoms with E-state index in [9.17, 15) is 29.4 Å². The van der Waals surface area contributed by atoms with Crippen LogP contribution in [-0.4, -0.2) is 103 Å². The molecule has 10 rings (SSSR count). The zero-order valence-corrected chi connectivity index (χ0v) is 46.6. The van der Waals surface area contributed by atoms with Crippen LogP contribution in [0.3, 0.4) is 0 Å². The maximum atomic E-state index is 15.6. The van der Waals surface area contributed by atoms with Crippen molar-refractivity contribution in [3.05, 3.63) is 149 Å². The minimum atomic E-state index is -2.26. The molecule has 2 aliphatic rings. The first kappa shape index (κ1) is 56.3. The van der Waals surface area contributed by atoms with Crippen LogP contribution in [0.1, 0.15) is 86.5 Å². The standard InChI is InChI=1S/C58H62N6O16S/c1-32-26-40-41(28-39(32)48-59-18-24-77-48)61(30-44(79-35-14-20-75-21-15-35)37-10-8-9-11-42(37)73-6)55(71)64(50(40)65)58(5,54(69)70)29-34-12-13-38(43(27-34)74-7)45(80-36-16-22-76-23-17-36)31-62-52-46(33(2)47(81-52)49-60-19-25-78-49)51(66)63(56(62)72)57(3,4)53(67)68/h8-13,18-19,24-28,35-36,44-45H,14-17,20-23,29-31H2,1-7H3,(H,67,68)(H,69,70)/t44?,45-,58?/m0/s1. The van der Waals surface area contributed by atoms with Crippen LogP contribution in [-0.2, 0) is 59.1 Å². The first-order chi connectivity index (χ1) is 38.9. The lowest BCUT2D eigenvalue weighted by molar-refractivity contribution is -0.147. The van der Waals surface area contributed by atoms with Crippen molar-refractivity contribution in [1.82, 2.24) is 28.2 Å². The molecule has 81 heavy (non-hydrogen) atoms. The summed E-state index contributed by atoms with van der Waals surface area (Å²) in [6.45, 7) is 8.59. The van der Waals surface area contributed by atoms with E-state index in [0.717, 1.165) is 20.5 Å². The zero-order valence-electron chi connectivity index (χ0n) is 45.8. The van der Waals surface area contributed by atoms with Gasteiger partial charge in [0.25, 0.3) is 11.1 Å². The van der Waals surface area contributed by atoms with Gasteiger partial charge in [-0.1, -0.05) is 30.3 Å². The van der Waals surface area contributed by atoms with Gasteiger partial charge in [0.1, 0.15) is 46.6 Å². The first-order valence-corrected chi connectivity index (χ1v) is 27.3. The Morgan fingerprint density at radius 2 is 1.30 bits per heavy atom. The van der Waals surface area contributed by atoms with Gasteiger partial charge in [-0.3, -0.25) is 18.7 Å². The maximum absolute atomic E-state index is 15.6. The highest BCUT2D eigenvalue weighted by Crippen LogP contribution is 2.40. The maximum Gasteiger partial charge on any atom is 0.333 e. The molecule has 0 spiro atoms. The second-order valence-corrected chi connectivity index (χ2v) is 22.0. The van der Waals surface area contributed by atoms with E-state index < -0.39 is 64.1 Å². The monoisotopic (exact) mass is 1130 g/mol. The normalized spacial score (nSPS) is 16.1. The van der Waals surface area contributed by atoms with E-state index in [1.165, 1.54) is 69.0 Å². The molecule has 0 amide bonds. The summed E-state index contributed by atoms with van der Waals surface area (Å²) in [5.74, 6) is -1.76. The summed E-state index contributed by atoms with van der Waals surface area (Å²) in [5, 5.41) is 22.0. The number of aryl methyl sites for hydroxylation is 2. The number of aromatic nitrogens is 6. The Balaban J connectivity index is 1.11. The molecule has 8 aromatic rings. The van der Waals surface area contributed by atoms with Crippen LogP contribution in [0.25, 0.3) is 43.3 Å². The molecule has 3 aromatic carbocycles. The molecule has 0 aliphatic carbocycles. The Morgan fingerprint density at radius 3 is 1.88 bits per heavy atom. The highest BCUT2D eigenvalue weighted by atomic mass is 32.1. The minimum Gasteiger partial charge on any atom is -0.496 e. The number of para-hydroxylation sites is 1. The molecule has 22 nitrogen and oxygen atoms in total. The van der Waals surface area contributed by atoms with Crippen molar-refractivity contribution in [2.75, 3.05) is 40.6 Å². The number of rotatable bonds is 20. The molecule has 0 saturated carbocycles. The highest BCUT2D eigenvalue weighted by Gasteiger charge is 2.41. The number of carboxylic acid groups (broad SMARTS) is 2. The Hall–Kier alpha value is -7.96. The fraction of sp³-hybridized carbons (Fsp3) is 0.414. The van der Waals surface area contributed by atoms with Crippen LogP contribution < -0.4 is 32.0 Å². The molecule has 2 saturated heterocycles. The van der Waals surface area contributed by atoms with Crippen molar-refractivity contribution >= 4 is 44.4 Å². The van der Waals surface area contributed by atoms with Crippen molar-refractivity contribution in [3.63, 3.8) is 0 Å². The summed E-state index contributed by atoms with van der Waals surface area (Å²) >= 11 is 1.09. The van der Waals surface area contributed by atoms with E-state index in [-0.39, 0.29) is 63.9 Å². The zero-order chi connectivity index (χ0) is 57.5.